The highest BCUT2D eigenvalue weighted by atomic mass is 28.3. The van der Waals surface area contributed by atoms with Crippen LogP contribution in [0.3, 0.4) is 0 Å². The van der Waals surface area contributed by atoms with Gasteiger partial charge in [-0.3, -0.25) is 0 Å². The second-order valence-electron chi connectivity index (χ2n) is 16.3. The Labute approximate surface area is 304 Å². The summed E-state index contributed by atoms with van der Waals surface area (Å²) < 4.78 is 12.3. The van der Waals surface area contributed by atoms with Crippen LogP contribution in [0.5, 0.6) is 0 Å². The summed E-state index contributed by atoms with van der Waals surface area (Å²) in [5.74, 6) is 0.401. The van der Waals surface area contributed by atoms with Gasteiger partial charge in [0.1, 0.15) is 11.2 Å². The Balaban J connectivity index is 1.30. The Bertz CT molecular complexity index is 2970. The molecule has 3 aromatic heterocycles. The average Bonchev–Trinajstić information content (AvgIpc) is 3.56. The van der Waals surface area contributed by atoms with E-state index in [1.165, 1.54) is 87.5 Å². The molecule has 0 bridgehead atoms. The van der Waals surface area contributed by atoms with Crippen LogP contribution in [0, 0.1) is 0 Å². The highest BCUT2D eigenvalue weighted by Gasteiger charge is 2.53. The van der Waals surface area contributed by atoms with Crippen LogP contribution in [0.2, 0.25) is 19.6 Å². The van der Waals surface area contributed by atoms with E-state index in [1.54, 1.807) is 0 Å². The summed E-state index contributed by atoms with van der Waals surface area (Å²) in [5, 5.41) is 11.5. The normalized spacial score (nSPS) is 16.3. The second-order valence-corrected chi connectivity index (χ2v) is 21.4. The van der Waals surface area contributed by atoms with E-state index >= 15 is 0 Å². The number of benzene rings is 6. The van der Waals surface area contributed by atoms with E-state index in [0.717, 1.165) is 11.2 Å². The third-order valence-corrected chi connectivity index (χ3v) is 14.1. The van der Waals surface area contributed by atoms with Gasteiger partial charge < -0.3 is 4.42 Å². The van der Waals surface area contributed by atoms with Crippen LogP contribution in [0.1, 0.15) is 48.5 Å². The summed E-state index contributed by atoms with van der Waals surface area (Å²) in [5.41, 5.74) is 11.0. The molecule has 9 aromatic rings. The molecule has 0 aliphatic carbocycles. The summed E-state index contributed by atoms with van der Waals surface area (Å²) in [7, 11) is -1.60. The molecule has 2 aliphatic heterocycles. The fourth-order valence-electron chi connectivity index (χ4n) is 9.53. The van der Waals surface area contributed by atoms with Crippen LogP contribution in [-0.4, -0.2) is 8.07 Å². The Kier molecular flexibility index (Phi) is 6.07. The molecule has 2 aliphatic rings. The van der Waals surface area contributed by atoms with Gasteiger partial charge in [-0.1, -0.05) is 112 Å². The fraction of sp³-hybridized carbons (Fsp3) is 0.167. The van der Waals surface area contributed by atoms with Crippen LogP contribution in [0.25, 0.3) is 76.8 Å². The van der Waals surface area contributed by atoms with E-state index in [0.29, 0.717) is 5.92 Å². The Morgan fingerprint density at radius 3 is 1.98 bits per heavy atom. The maximum absolute atomic E-state index is 7.18. The molecular weight excluding hydrogens is 649 g/mol. The number of furan rings is 1. The number of fused-ring (bicyclic) bond motifs is 22. The first-order valence-corrected chi connectivity index (χ1v) is 22.2. The second kappa shape index (κ2) is 10.5. The third kappa shape index (κ3) is 3.96. The molecule has 6 aromatic carbocycles. The van der Waals surface area contributed by atoms with Crippen molar-refractivity contribution in [3.63, 3.8) is 0 Å². The van der Waals surface area contributed by atoms with Gasteiger partial charge in [-0.25, -0.2) is 0 Å². The van der Waals surface area contributed by atoms with Crippen molar-refractivity contribution in [1.29, 1.82) is 0 Å². The minimum Gasteiger partial charge on any atom is -0.455 e. The van der Waals surface area contributed by atoms with Gasteiger partial charge in [-0.05, 0) is 62.7 Å². The maximum Gasteiger partial charge on any atom is 0.250 e. The van der Waals surface area contributed by atoms with Crippen LogP contribution in [-0.2, 0) is 0 Å². The van der Waals surface area contributed by atoms with Gasteiger partial charge >= 0.3 is 0 Å². The lowest BCUT2D eigenvalue weighted by atomic mass is 9.79. The lowest BCUT2D eigenvalue weighted by molar-refractivity contribution is -0.799. The van der Waals surface area contributed by atoms with Crippen molar-refractivity contribution in [2.24, 2.45) is 0 Å². The number of aromatic nitrogens is 2. The molecule has 2 atom stereocenters. The average molecular weight is 689 g/mol. The van der Waals surface area contributed by atoms with Crippen molar-refractivity contribution in [2.45, 2.75) is 51.5 Å². The van der Waals surface area contributed by atoms with Gasteiger partial charge in [0.05, 0.1) is 19.2 Å². The van der Waals surface area contributed by atoms with Gasteiger partial charge in [0.25, 0.3) is 6.04 Å². The number of pyridine rings is 2. The topological polar surface area (TPSA) is 20.9 Å². The third-order valence-electron chi connectivity index (χ3n) is 12.1. The quantitative estimate of drug-likeness (QED) is 0.101. The smallest absolute Gasteiger partial charge is 0.250 e. The van der Waals surface area contributed by atoms with Crippen molar-refractivity contribution in [1.82, 2.24) is 0 Å². The van der Waals surface area contributed by atoms with Crippen molar-refractivity contribution in [2.75, 3.05) is 0 Å². The molecule has 0 amide bonds. The molecule has 3 nitrogen and oxygen atoms in total. The Morgan fingerprint density at radius 1 is 0.577 bits per heavy atom. The van der Waals surface area contributed by atoms with E-state index in [-0.39, 0.29) is 12.1 Å². The van der Waals surface area contributed by atoms with E-state index in [2.05, 4.69) is 176 Å². The first-order valence-electron chi connectivity index (χ1n) is 18.7. The van der Waals surface area contributed by atoms with Gasteiger partial charge in [0.2, 0.25) is 17.4 Å². The molecular formula is C48H40N2OSi+2. The standard InChI is InChI=1S/C48H40N2OSi/c1-28(2)29-24-25-49-41(26-29)44-38(47-46(49)37-17-11-9-15-34(37)40-22-18-30(27-50(40)47)52(3,4)5)19-20-39-45-42(51-48(39)44)23-21-36-33-14-7-6-12-31(33)32-13-8-10-16-35(32)43(36)45/h6-28,46-47H,1-5H3/q+2. The highest BCUT2D eigenvalue weighted by molar-refractivity contribution is 6.88. The van der Waals surface area contributed by atoms with Crippen LogP contribution in [0.15, 0.2) is 138 Å². The van der Waals surface area contributed by atoms with Crippen LogP contribution >= 0.6 is 0 Å². The molecule has 11 rings (SSSR count). The van der Waals surface area contributed by atoms with E-state index in [4.69, 9.17) is 4.42 Å². The van der Waals surface area contributed by atoms with Crippen LogP contribution in [0.4, 0.5) is 0 Å². The molecule has 0 saturated heterocycles. The number of nitrogens with zero attached hydrogens (tertiary/aromatic N) is 2. The molecule has 0 radical (unpaired) electrons. The maximum atomic E-state index is 7.18. The number of hydrogen-bond acceptors (Lipinski definition) is 1. The zero-order chi connectivity index (χ0) is 35.0. The van der Waals surface area contributed by atoms with Crippen molar-refractivity contribution in [3.05, 3.63) is 150 Å². The van der Waals surface area contributed by atoms with Gasteiger partial charge in [0, 0.05) is 50.7 Å². The summed E-state index contributed by atoms with van der Waals surface area (Å²) in [6.45, 7) is 11.9. The first kappa shape index (κ1) is 30.1. The largest absolute Gasteiger partial charge is 0.455 e. The van der Waals surface area contributed by atoms with E-state index in [1.807, 2.05) is 0 Å². The summed E-state index contributed by atoms with van der Waals surface area (Å²) in [4.78, 5) is 0. The van der Waals surface area contributed by atoms with Crippen molar-refractivity contribution < 1.29 is 13.6 Å². The van der Waals surface area contributed by atoms with Crippen LogP contribution < -0.4 is 14.3 Å². The predicted octanol–water partition coefficient (Wildman–Crippen LogP) is 11.1. The van der Waals surface area contributed by atoms with E-state index in [9.17, 15) is 0 Å². The monoisotopic (exact) mass is 688 g/mol. The lowest BCUT2D eigenvalue weighted by Gasteiger charge is -2.33. The minimum absolute atomic E-state index is 0.0673. The molecule has 0 spiro atoms. The zero-order valence-electron chi connectivity index (χ0n) is 30.2. The molecule has 0 saturated carbocycles. The summed E-state index contributed by atoms with van der Waals surface area (Å²) >= 11 is 0. The summed E-state index contributed by atoms with van der Waals surface area (Å²) in [6.07, 6.45) is 4.84. The fourth-order valence-corrected chi connectivity index (χ4v) is 10.6. The zero-order valence-corrected chi connectivity index (χ0v) is 31.2. The minimum atomic E-state index is -1.60. The number of rotatable bonds is 2. The molecule has 0 fully saturated rings. The molecule has 250 valence electrons. The first-order chi connectivity index (χ1) is 25.3. The van der Waals surface area contributed by atoms with E-state index < -0.39 is 8.07 Å². The Morgan fingerprint density at radius 2 is 1.23 bits per heavy atom. The SMILES string of the molecule is CC(C)c1cc[n+]2c(c1)-c1c(ccc3c1oc1ccc4c5ccccc5c5ccccc5c4c13)C1C2c2ccccc2-c2ccc([Si](C)(C)C)c[n+]21. The molecule has 2 unspecified atom stereocenters. The highest BCUT2D eigenvalue weighted by Crippen LogP contribution is 2.50. The van der Waals surface area contributed by atoms with Gasteiger partial charge in [0.15, 0.2) is 12.4 Å². The Hall–Kier alpha value is -5.58. The molecule has 0 N–H and O–H groups in total. The molecule has 5 heterocycles. The van der Waals surface area contributed by atoms with Crippen molar-refractivity contribution >= 4 is 67.5 Å². The predicted molar refractivity (Wildman–Crippen MR) is 217 cm³/mol. The van der Waals surface area contributed by atoms with Crippen molar-refractivity contribution in [3.8, 4) is 22.5 Å². The summed E-state index contributed by atoms with van der Waals surface area (Å²) in [6, 6.07) is 45.8. The number of hydrogen-bond donors (Lipinski definition) is 0. The van der Waals surface area contributed by atoms with Gasteiger partial charge in [-0.15, -0.1) is 0 Å². The molecule has 4 heteroatoms. The van der Waals surface area contributed by atoms with Gasteiger partial charge in [-0.2, -0.15) is 9.13 Å². The molecule has 52 heavy (non-hydrogen) atoms. The lowest BCUT2D eigenvalue weighted by Crippen LogP contribution is -2.61.